The molecule has 1 amide bonds. The molecule has 3 rings (SSSR count). The van der Waals surface area contributed by atoms with E-state index < -0.39 is 0 Å². The lowest BCUT2D eigenvalue weighted by molar-refractivity contribution is -0.133. The van der Waals surface area contributed by atoms with Gasteiger partial charge in [0.1, 0.15) is 5.75 Å². The Balaban J connectivity index is 1.44. The minimum atomic E-state index is -0.0337. The van der Waals surface area contributed by atoms with Crippen molar-refractivity contribution in [2.24, 2.45) is 5.92 Å². The Bertz CT molecular complexity index is 566. The van der Waals surface area contributed by atoms with Gasteiger partial charge in [-0.3, -0.25) is 9.69 Å². The fraction of sp³-hybridized carbons (Fsp3) is 0.632. The van der Waals surface area contributed by atoms with Crippen molar-refractivity contribution in [1.29, 1.82) is 0 Å². The van der Waals surface area contributed by atoms with Gasteiger partial charge in [-0.05, 0) is 43.6 Å². The first-order valence-electron chi connectivity index (χ1n) is 8.98. The molecule has 0 aromatic heterocycles. The van der Waals surface area contributed by atoms with Gasteiger partial charge >= 0.3 is 0 Å². The molecule has 1 aromatic carbocycles. The maximum atomic E-state index is 12.5. The molecule has 2 heterocycles. The summed E-state index contributed by atoms with van der Waals surface area (Å²) in [5, 5.41) is 0. The molecule has 0 unspecified atom stereocenters. The van der Waals surface area contributed by atoms with Crippen molar-refractivity contribution in [1.82, 2.24) is 9.80 Å². The molecule has 2 aliphatic rings. The molecule has 0 aliphatic carbocycles. The normalized spacial score (nSPS) is 19.9. The maximum Gasteiger partial charge on any atom is 0.236 e. The number of carbonyl (C=O) groups excluding carboxylic acids is 1. The van der Waals surface area contributed by atoms with E-state index in [9.17, 15) is 4.79 Å². The molecule has 0 atom stereocenters. The highest BCUT2D eigenvalue weighted by Gasteiger charge is 2.31. The van der Waals surface area contributed by atoms with Crippen LogP contribution in [0.1, 0.15) is 18.4 Å². The quantitative estimate of drug-likeness (QED) is 0.784. The van der Waals surface area contributed by atoms with Crippen LogP contribution < -0.4 is 4.74 Å². The molecular formula is C19H28N2O4. The summed E-state index contributed by atoms with van der Waals surface area (Å²) in [6.45, 7) is 4.33. The van der Waals surface area contributed by atoms with Gasteiger partial charge < -0.3 is 19.1 Å². The number of hydrogen-bond acceptors (Lipinski definition) is 5. The van der Waals surface area contributed by atoms with E-state index in [2.05, 4.69) is 4.90 Å². The van der Waals surface area contributed by atoms with Gasteiger partial charge in [-0.25, -0.2) is 0 Å². The number of hydrogen-bond donors (Lipinski definition) is 0. The minimum Gasteiger partial charge on any atom is -0.497 e. The molecule has 2 saturated heterocycles. The third-order valence-corrected chi connectivity index (χ3v) is 5.00. The Hall–Kier alpha value is -1.63. The van der Waals surface area contributed by atoms with Crippen LogP contribution in [0.15, 0.2) is 24.3 Å². The number of amides is 1. The average molecular weight is 348 g/mol. The lowest BCUT2D eigenvalue weighted by Crippen LogP contribution is -2.43. The minimum absolute atomic E-state index is 0.0337. The van der Waals surface area contributed by atoms with Crippen molar-refractivity contribution in [2.45, 2.75) is 25.7 Å². The number of carbonyl (C=O) groups is 1. The van der Waals surface area contributed by atoms with E-state index in [-0.39, 0.29) is 12.2 Å². The maximum absolute atomic E-state index is 12.5. The first-order valence-corrected chi connectivity index (χ1v) is 8.98. The molecule has 0 bridgehead atoms. The highest BCUT2D eigenvalue weighted by Crippen LogP contribution is 2.25. The number of benzene rings is 1. The summed E-state index contributed by atoms with van der Waals surface area (Å²) in [6, 6.07) is 7.84. The van der Waals surface area contributed by atoms with Crippen LogP contribution in [0.2, 0.25) is 0 Å². The molecule has 0 N–H and O–H groups in total. The van der Waals surface area contributed by atoms with Gasteiger partial charge in [0.05, 0.1) is 26.9 Å². The number of rotatable bonds is 6. The van der Waals surface area contributed by atoms with Crippen LogP contribution in [0, 0.1) is 5.92 Å². The molecule has 2 fully saturated rings. The summed E-state index contributed by atoms with van der Waals surface area (Å²) < 4.78 is 16.5. The topological polar surface area (TPSA) is 51.2 Å². The Kier molecular flexibility index (Phi) is 6.29. The average Bonchev–Trinajstić information content (AvgIpc) is 3.17. The summed E-state index contributed by atoms with van der Waals surface area (Å²) in [6.07, 6.45) is 2.02. The number of ether oxygens (including phenoxy) is 3. The second kappa shape index (κ2) is 8.65. The molecular weight excluding hydrogens is 320 g/mol. The Morgan fingerprint density at radius 1 is 1.28 bits per heavy atom. The van der Waals surface area contributed by atoms with Crippen LogP contribution in [-0.2, 0) is 20.8 Å². The molecule has 0 radical (unpaired) electrons. The van der Waals surface area contributed by atoms with E-state index in [1.807, 2.05) is 31.3 Å². The fourth-order valence-electron chi connectivity index (χ4n) is 3.48. The van der Waals surface area contributed by atoms with E-state index in [0.29, 0.717) is 32.2 Å². The summed E-state index contributed by atoms with van der Waals surface area (Å²) >= 11 is 0. The van der Waals surface area contributed by atoms with Crippen molar-refractivity contribution >= 4 is 5.91 Å². The van der Waals surface area contributed by atoms with Gasteiger partial charge in [-0.15, -0.1) is 0 Å². The molecule has 0 saturated carbocycles. The van der Waals surface area contributed by atoms with Crippen molar-refractivity contribution in [3.63, 3.8) is 0 Å². The SMILES string of the molecule is COc1cccc(CN(C)C(=O)CN2CCC(C3OCCO3)CC2)c1. The molecule has 138 valence electrons. The van der Waals surface area contributed by atoms with Crippen LogP contribution in [-0.4, -0.2) is 69.0 Å². The van der Waals surface area contributed by atoms with Crippen LogP contribution in [0.3, 0.4) is 0 Å². The largest absolute Gasteiger partial charge is 0.497 e. The number of likely N-dealkylation sites (N-methyl/N-ethyl adjacent to an activating group) is 1. The third kappa shape index (κ3) is 4.93. The van der Waals surface area contributed by atoms with Crippen LogP contribution in [0.4, 0.5) is 0 Å². The predicted molar refractivity (Wildman–Crippen MR) is 94.3 cm³/mol. The van der Waals surface area contributed by atoms with E-state index in [1.165, 1.54) is 0 Å². The zero-order chi connectivity index (χ0) is 17.6. The number of likely N-dealkylation sites (tertiary alicyclic amines) is 1. The van der Waals surface area contributed by atoms with Gasteiger partial charge in [0.2, 0.25) is 5.91 Å². The van der Waals surface area contributed by atoms with Crippen molar-refractivity contribution in [3.8, 4) is 5.75 Å². The van der Waals surface area contributed by atoms with Crippen LogP contribution in [0.5, 0.6) is 5.75 Å². The van der Waals surface area contributed by atoms with Gasteiger partial charge in [0.15, 0.2) is 6.29 Å². The molecule has 25 heavy (non-hydrogen) atoms. The Labute approximate surface area is 149 Å². The first-order chi connectivity index (χ1) is 12.2. The van der Waals surface area contributed by atoms with Gasteiger partial charge in [0.25, 0.3) is 0 Å². The second-order valence-electron chi connectivity index (χ2n) is 6.82. The van der Waals surface area contributed by atoms with Gasteiger partial charge in [0, 0.05) is 19.5 Å². The molecule has 2 aliphatic heterocycles. The zero-order valence-corrected chi connectivity index (χ0v) is 15.1. The van der Waals surface area contributed by atoms with E-state index in [0.717, 1.165) is 37.2 Å². The number of methoxy groups -OCH3 is 1. The van der Waals surface area contributed by atoms with E-state index in [4.69, 9.17) is 14.2 Å². The summed E-state index contributed by atoms with van der Waals surface area (Å²) in [4.78, 5) is 16.5. The van der Waals surface area contributed by atoms with Crippen LogP contribution in [0.25, 0.3) is 0 Å². The standard InChI is InChI=1S/C19H28N2O4/c1-20(13-15-4-3-5-17(12-15)23-2)18(22)14-21-8-6-16(7-9-21)19-24-10-11-25-19/h3-5,12,16,19H,6-11,13-14H2,1-2H3. The Morgan fingerprint density at radius 2 is 2.00 bits per heavy atom. The fourth-order valence-corrected chi connectivity index (χ4v) is 3.48. The molecule has 0 spiro atoms. The monoisotopic (exact) mass is 348 g/mol. The van der Waals surface area contributed by atoms with Crippen molar-refractivity contribution in [2.75, 3.05) is 47.0 Å². The van der Waals surface area contributed by atoms with Crippen molar-refractivity contribution < 1.29 is 19.0 Å². The smallest absolute Gasteiger partial charge is 0.236 e. The number of nitrogens with zero attached hydrogens (tertiary/aromatic N) is 2. The summed E-state index contributed by atoms with van der Waals surface area (Å²) in [5.74, 6) is 1.43. The molecule has 6 heteroatoms. The van der Waals surface area contributed by atoms with Crippen LogP contribution >= 0.6 is 0 Å². The third-order valence-electron chi connectivity index (χ3n) is 5.00. The molecule has 6 nitrogen and oxygen atoms in total. The van der Waals surface area contributed by atoms with E-state index >= 15 is 0 Å². The number of piperidine rings is 1. The highest BCUT2D eigenvalue weighted by molar-refractivity contribution is 5.78. The first kappa shape index (κ1) is 18.2. The van der Waals surface area contributed by atoms with Gasteiger partial charge in [-0.2, -0.15) is 0 Å². The second-order valence-corrected chi connectivity index (χ2v) is 6.82. The molecule has 1 aromatic rings. The van der Waals surface area contributed by atoms with E-state index in [1.54, 1.807) is 12.0 Å². The predicted octanol–water partition coefficient (Wildman–Crippen LogP) is 1.74. The highest BCUT2D eigenvalue weighted by atomic mass is 16.7. The zero-order valence-electron chi connectivity index (χ0n) is 15.1. The van der Waals surface area contributed by atoms with Gasteiger partial charge in [-0.1, -0.05) is 12.1 Å². The van der Waals surface area contributed by atoms with Crippen molar-refractivity contribution in [3.05, 3.63) is 29.8 Å². The Morgan fingerprint density at radius 3 is 2.68 bits per heavy atom. The summed E-state index contributed by atoms with van der Waals surface area (Å²) in [5.41, 5.74) is 1.07. The summed E-state index contributed by atoms with van der Waals surface area (Å²) in [7, 11) is 3.51. The lowest BCUT2D eigenvalue weighted by atomic mass is 9.96. The lowest BCUT2D eigenvalue weighted by Gasteiger charge is -2.34.